The van der Waals surface area contributed by atoms with Crippen molar-refractivity contribution in [3.63, 3.8) is 0 Å². The summed E-state index contributed by atoms with van der Waals surface area (Å²) in [7, 11) is 0. The van der Waals surface area contributed by atoms with E-state index in [1.54, 1.807) is 6.07 Å². The predicted octanol–water partition coefficient (Wildman–Crippen LogP) is 3.44. The van der Waals surface area contributed by atoms with Crippen molar-refractivity contribution in [2.24, 2.45) is 11.7 Å². The molecule has 94 valence electrons. The molecule has 2 rings (SSSR count). The van der Waals surface area contributed by atoms with E-state index < -0.39 is 0 Å². The van der Waals surface area contributed by atoms with Crippen LogP contribution in [0.25, 0.3) is 0 Å². The summed E-state index contributed by atoms with van der Waals surface area (Å²) in [6.07, 6.45) is 3.50. The number of anilines is 1. The average molecular weight is 301 g/mol. The Balaban J connectivity index is 2.15. The Morgan fingerprint density at radius 1 is 1.47 bits per heavy atom. The van der Waals surface area contributed by atoms with Gasteiger partial charge in [-0.15, -0.1) is 0 Å². The van der Waals surface area contributed by atoms with Gasteiger partial charge in [0.1, 0.15) is 5.82 Å². The van der Waals surface area contributed by atoms with E-state index in [1.165, 1.54) is 12.8 Å². The highest BCUT2D eigenvalue weighted by Gasteiger charge is 2.26. The zero-order valence-corrected chi connectivity index (χ0v) is 11.6. The molecule has 0 aromatic heterocycles. The zero-order valence-electron chi connectivity index (χ0n) is 9.97. The topological polar surface area (TPSA) is 38.0 Å². The molecule has 0 saturated heterocycles. The minimum atomic E-state index is -0.222. The number of nitrogens with one attached hydrogen (secondary N) is 1. The highest BCUT2D eigenvalue weighted by Crippen LogP contribution is 2.30. The van der Waals surface area contributed by atoms with E-state index in [-0.39, 0.29) is 5.82 Å². The number of benzene rings is 1. The summed E-state index contributed by atoms with van der Waals surface area (Å²) >= 11 is 3.20. The van der Waals surface area contributed by atoms with Gasteiger partial charge in [0.05, 0.1) is 4.47 Å². The minimum absolute atomic E-state index is 0.222. The lowest BCUT2D eigenvalue weighted by Gasteiger charge is -2.22. The van der Waals surface area contributed by atoms with Gasteiger partial charge in [-0.2, -0.15) is 0 Å². The third-order valence-electron chi connectivity index (χ3n) is 3.57. The number of hydrogen-bond acceptors (Lipinski definition) is 2. The summed E-state index contributed by atoms with van der Waals surface area (Å²) < 4.78 is 14.0. The molecule has 0 radical (unpaired) electrons. The first-order valence-electron chi connectivity index (χ1n) is 6.04. The minimum Gasteiger partial charge on any atom is -0.382 e. The van der Waals surface area contributed by atoms with E-state index in [1.807, 2.05) is 13.0 Å². The van der Waals surface area contributed by atoms with Gasteiger partial charge < -0.3 is 11.1 Å². The molecule has 0 spiro atoms. The molecule has 0 amide bonds. The van der Waals surface area contributed by atoms with Gasteiger partial charge >= 0.3 is 0 Å². The summed E-state index contributed by atoms with van der Waals surface area (Å²) in [6, 6.07) is 3.76. The van der Waals surface area contributed by atoms with Crippen LogP contribution in [-0.4, -0.2) is 12.6 Å². The van der Waals surface area contributed by atoms with Gasteiger partial charge in [0.15, 0.2) is 0 Å². The van der Waals surface area contributed by atoms with Gasteiger partial charge in [-0.05, 0) is 65.9 Å². The van der Waals surface area contributed by atoms with Crippen LogP contribution in [0.15, 0.2) is 16.6 Å². The summed E-state index contributed by atoms with van der Waals surface area (Å²) in [5.74, 6) is 0.293. The van der Waals surface area contributed by atoms with Crippen molar-refractivity contribution in [1.82, 2.24) is 0 Å². The SMILES string of the molecule is Cc1cc(Br)c(F)cc1NC1CCCC1CN. The van der Waals surface area contributed by atoms with E-state index >= 15 is 0 Å². The van der Waals surface area contributed by atoms with Crippen molar-refractivity contribution in [3.8, 4) is 0 Å². The molecule has 1 saturated carbocycles. The molecule has 4 heteroatoms. The van der Waals surface area contributed by atoms with Crippen molar-refractivity contribution in [2.45, 2.75) is 32.2 Å². The van der Waals surface area contributed by atoms with E-state index in [4.69, 9.17) is 5.73 Å². The molecule has 0 bridgehead atoms. The maximum absolute atomic E-state index is 13.5. The third-order valence-corrected chi connectivity index (χ3v) is 4.18. The molecular weight excluding hydrogens is 283 g/mol. The fourth-order valence-electron chi connectivity index (χ4n) is 2.51. The number of aryl methyl sites for hydroxylation is 1. The second-order valence-corrected chi connectivity index (χ2v) is 5.61. The molecule has 2 unspecified atom stereocenters. The monoisotopic (exact) mass is 300 g/mol. The molecule has 1 aliphatic rings. The molecule has 3 N–H and O–H groups in total. The van der Waals surface area contributed by atoms with Crippen molar-refractivity contribution in [3.05, 3.63) is 28.0 Å². The van der Waals surface area contributed by atoms with Crippen molar-refractivity contribution >= 4 is 21.6 Å². The largest absolute Gasteiger partial charge is 0.382 e. The maximum atomic E-state index is 13.5. The van der Waals surface area contributed by atoms with E-state index in [0.717, 1.165) is 17.7 Å². The fourth-order valence-corrected chi connectivity index (χ4v) is 2.97. The summed E-state index contributed by atoms with van der Waals surface area (Å²) in [4.78, 5) is 0. The van der Waals surface area contributed by atoms with Crippen molar-refractivity contribution < 1.29 is 4.39 Å². The van der Waals surface area contributed by atoms with Crippen LogP contribution < -0.4 is 11.1 Å². The van der Waals surface area contributed by atoms with Gasteiger partial charge in [-0.25, -0.2) is 4.39 Å². The second kappa shape index (κ2) is 5.36. The highest BCUT2D eigenvalue weighted by atomic mass is 79.9. The van der Waals surface area contributed by atoms with Gasteiger partial charge in [-0.3, -0.25) is 0 Å². The molecule has 2 atom stereocenters. The van der Waals surface area contributed by atoms with Gasteiger partial charge in [0.2, 0.25) is 0 Å². The molecule has 1 aromatic rings. The first-order chi connectivity index (χ1) is 8.11. The molecular formula is C13H18BrFN2. The second-order valence-electron chi connectivity index (χ2n) is 4.76. The van der Waals surface area contributed by atoms with Crippen LogP contribution in [0.3, 0.4) is 0 Å². The van der Waals surface area contributed by atoms with Crippen LogP contribution in [0.5, 0.6) is 0 Å². The quantitative estimate of drug-likeness (QED) is 0.897. The smallest absolute Gasteiger partial charge is 0.139 e. The molecule has 2 nitrogen and oxygen atoms in total. The van der Waals surface area contributed by atoms with Crippen molar-refractivity contribution in [1.29, 1.82) is 0 Å². The molecule has 1 aromatic carbocycles. The molecule has 1 fully saturated rings. The number of hydrogen-bond donors (Lipinski definition) is 2. The first-order valence-corrected chi connectivity index (χ1v) is 6.83. The normalized spacial score (nSPS) is 24.0. The van der Waals surface area contributed by atoms with Crippen LogP contribution in [0.1, 0.15) is 24.8 Å². The average Bonchev–Trinajstić information content (AvgIpc) is 2.73. The zero-order chi connectivity index (χ0) is 12.4. The number of rotatable bonds is 3. The number of nitrogens with two attached hydrogens (primary N) is 1. The van der Waals surface area contributed by atoms with Gasteiger partial charge in [-0.1, -0.05) is 6.42 Å². The summed E-state index contributed by atoms with van der Waals surface area (Å²) in [5, 5.41) is 3.44. The molecule has 17 heavy (non-hydrogen) atoms. The Bertz CT molecular complexity index is 409. The third kappa shape index (κ3) is 2.80. The lowest BCUT2D eigenvalue weighted by atomic mass is 10.0. The van der Waals surface area contributed by atoms with E-state index in [2.05, 4.69) is 21.2 Å². The Labute approximate surface area is 110 Å². The van der Waals surface area contributed by atoms with E-state index in [0.29, 0.717) is 23.0 Å². The lowest BCUT2D eigenvalue weighted by Crippen LogP contribution is -2.29. The molecule has 1 aliphatic carbocycles. The summed E-state index contributed by atoms with van der Waals surface area (Å²) in [5.41, 5.74) is 7.69. The Kier molecular flexibility index (Phi) is 4.05. The highest BCUT2D eigenvalue weighted by molar-refractivity contribution is 9.10. The van der Waals surface area contributed by atoms with Crippen molar-refractivity contribution in [2.75, 3.05) is 11.9 Å². The Morgan fingerprint density at radius 2 is 2.24 bits per heavy atom. The van der Waals surface area contributed by atoms with Gasteiger partial charge in [0, 0.05) is 11.7 Å². The van der Waals surface area contributed by atoms with Crippen LogP contribution >= 0.6 is 15.9 Å². The van der Waals surface area contributed by atoms with Crippen LogP contribution in [0.2, 0.25) is 0 Å². The van der Waals surface area contributed by atoms with Crippen LogP contribution in [0.4, 0.5) is 10.1 Å². The summed E-state index contributed by atoms with van der Waals surface area (Å²) in [6.45, 7) is 2.69. The molecule has 0 heterocycles. The molecule has 0 aliphatic heterocycles. The number of halogens is 2. The predicted molar refractivity (Wildman–Crippen MR) is 72.6 cm³/mol. The first kappa shape index (κ1) is 12.8. The van der Waals surface area contributed by atoms with Gasteiger partial charge in [0.25, 0.3) is 0 Å². The standard InChI is InChI=1S/C13H18BrFN2/c1-8-5-10(14)11(15)6-13(8)17-12-4-2-3-9(12)7-16/h5-6,9,12,17H,2-4,7,16H2,1H3. The fraction of sp³-hybridized carbons (Fsp3) is 0.538. The maximum Gasteiger partial charge on any atom is 0.139 e. The van der Waals surface area contributed by atoms with Crippen LogP contribution in [-0.2, 0) is 0 Å². The van der Waals surface area contributed by atoms with Crippen LogP contribution in [0, 0.1) is 18.7 Å². The van der Waals surface area contributed by atoms with E-state index in [9.17, 15) is 4.39 Å². The lowest BCUT2D eigenvalue weighted by molar-refractivity contribution is 0.516. The Hall–Kier alpha value is -0.610. The Morgan fingerprint density at radius 3 is 2.94 bits per heavy atom.